The van der Waals surface area contributed by atoms with Crippen molar-refractivity contribution >= 4 is 5.97 Å². The molecule has 0 fully saturated rings. The Morgan fingerprint density at radius 1 is 1.38 bits per heavy atom. The van der Waals surface area contributed by atoms with Crippen LogP contribution in [-0.4, -0.2) is 33.6 Å². The van der Waals surface area contributed by atoms with Gasteiger partial charge in [0.15, 0.2) is 0 Å². The Kier molecular flexibility index (Phi) is 7.63. The Labute approximate surface area is 79.2 Å². The minimum absolute atomic E-state index is 0.168. The molecule has 0 aliphatic heterocycles. The summed E-state index contributed by atoms with van der Waals surface area (Å²) < 4.78 is 14.4. The van der Waals surface area contributed by atoms with Gasteiger partial charge in [0.25, 0.3) is 0 Å². The third-order valence-electron chi connectivity index (χ3n) is 1.67. The number of esters is 1. The van der Waals surface area contributed by atoms with Crippen LogP contribution in [0.5, 0.6) is 0 Å². The smallest absolute Gasteiger partial charge is 0.305 e. The molecule has 0 saturated carbocycles. The van der Waals surface area contributed by atoms with E-state index in [4.69, 9.17) is 9.47 Å². The molecular weight excluding hydrogens is 172 g/mol. The second-order valence-corrected chi connectivity index (χ2v) is 3.00. The van der Waals surface area contributed by atoms with E-state index in [1.54, 1.807) is 7.11 Å². The van der Waals surface area contributed by atoms with Crippen LogP contribution in [0.3, 0.4) is 0 Å². The van der Waals surface area contributed by atoms with Gasteiger partial charge in [0.1, 0.15) is 6.79 Å². The van der Waals surface area contributed by atoms with Crippen LogP contribution in [0.25, 0.3) is 0 Å². The minimum atomic E-state index is -0.168. The Morgan fingerprint density at radius 2 is 2.08 bits per heavy atom. The maximum Gasteiger partial charge on any atom is 0.305 e. The molecule has 0 spiro atoms. The molecule has 13 heavy (non-hydrogen) atoms. The second-order valence-electron chi connectivity index (χ2n) is 3.00. The van der Waals surface area contributed by atoms with Crippen molar-refractivity contribution in [1.29, 1.82) is 0 Å². The summed E-state index contributed by atoms with van der Waals surface area (Å²) in [5, 5.41) is 0. The highest BCUT2D eigenvalue weighted by Crippen LogP contribution is 2.06. The number of rotatable bonds is 7. The second kappa shape index (κ2) is 8.01. The molecule has 0 radical (unpaired) electrons. The summed E-state index contributed by atoms with van der Waals surface area (Å²) >= 11 is 0. The molecule has 0 aromatic rings. The number of carbonyl (C=O) groups excluding carboxylic acids is 1. The highest BCUT2D eigenvalue weighted by atomic mass is 16.7. The highest BCUT2D eigenvalue weighted by Gasteiger charge is 2.06. The zero-order valence-corrected chi connectivity index (χ0v) is 8.54. The topological polar surface area (TPSA) is 44.8 Å². The average Bonchev–Trinajstić information content (AvgIpc) is 2.14. The van der Waals surface area contributed by atoms with Crippen molar-refractivity contribution in [3.63, 3.8) is 0 Å². The first-order chi connectivity index (χ1) is 6.20. The molecular formula is C9H18O4. The predicted molar refractivity (Wildman–Crippen MR) is 48.2 cm³/mol. The van der Waals surface area contributed by atoms with Crippen LogP contribution in [0.2, 0.25) is 0 Å². The van der Waals surface area contributed by atoms with Crippen molar-refractivity contribution in [3.05, 3.63) is 0 Å². The van der Waals surface area contributed by atoms with E-state index in [0.29, 0.717) is 25.7 Å². The van der Waals surface area contributed by atoms with Crippen LogP contribution in [0.15, 0.2) is 0 Å². The van der Waals surface area contributed by atoms with Gasteiger partial charge in [0.05, 0.1) is 13.7 Å². The molecule has 0 aliphatic rings. The lowest BCUT2D eigenvalue weighted by Gasteiger charge is -2.10. The van der Waals surface area contributed by atoms with Gasteiger partial charge < -0.3 is 14.2 Å². The monoisotopic (exact) mass is 190 g/mol. The Morgan fingerprint density at radius 3 is 2.62 bits per heavy atom. The van der Waals surface area contributed by atoms with Crippen LogP contribution < -0.4 is 0 Å². The fraction of sp³-hybridized carbons (Fsp3) is 0.889. The Bertz CT molecular complexity index is 136. The zero-order valence-electron chi connectivity index (χ0n) is 8.54. The summed E-state index contributed by atoms with van der Waals surface area (Å²) in [4.78, 5) is 10.8. The molecule has 0 amide bonds. The number of hydrogen-bond donors (Lipinski definition) is 0. The van der Waals surface area contributed by atoms with Gasteiger partial charge in [-0.15, -0.1) is 0 Å². The SMILES string of the molecule is COCOC[C@H](C)CCC(=O)OC. The van der Waals surface area contributed by atoms with Crippen molar-refractivity contribution in [1.82, 2.24) is 0 Å². The fourth-order valence-electron chi connectivity index (χ4n) is 0.882. The number of hydrogen-bond acceptors (Lipinski definition) is 4. The molecule has 0 bridgehead atoms. The average molecular weight is 190 g/mol. The minimum Gasteiger partial charge on any atom is -0.469 e. The van der Waals surface area contributed by atoms with Crippen molar-refractivity contribution in [2.75, 3.05) is 27.6 Å². The van der Waals surface area contributed by atoms with Gasteiger partial charge in [0.2, 0.25) is 0 Å². The lowest BCUT2D eigenvalue weighted by atomic mass is 10.1. The lowest BCUT2D eigenvalue weighted by molar-refractivity contribution is -0.141. The maximum atomic E-state index is 10.8. The molecule has 0 aromatic carbocycles. The van der Waals surface area contributed by atoms with Gasteiger partial charge in [-0.3, -0.25) is 4.79 Å². The molecule has 1 atom stereocenters. The fourth-order valence-corrected chi connectivity index (χ4v) is 0.882. The van der Waals surface area contributed by atoms with Crippen LogP contribution in [0.4, 0.5) is 0 Å². The summed E-state index contributed by atoms with van der Waals surface area (Å²) in [5.74, 6) is 0.188. The van der Waals surface area contributed by atoms with Crippen molar-refractivity contribution in [2.45, 2.75) is 19.8 Å². The Balaban J connectivity index is 3.29. The summed E-state index contributed by atoms with van der Waals surface area (Å²) in [6, 6.07) is 0. The normalized spacial score (nSPS) is 12.5. The number of methoxy groups -OCH3 is 2. The van der Waals surface area contributed by atoms with Gasteiger partial charge in [0, 0.05) is 13.5 Å². The van der Waals surface area contributed by atoms with Crippen molar-refractivity contribution in [3.8, 4) is 0 Å². The number of ether oxygens (including phenoxy) is 3. The molecule has 0 aromatic heterocycles. The van der Waals surface area contributed by atoms with E-state index in [1.807, 2.05) is 6.92 Å². The summed E-state index contributed by atoms with van der Waals surface area (Å²) in [6.45, 7) is 2.95. The van der Waals surface area contributed by atoms with E-state index >= 15 is 0 Å². The van der Waals surface area contributed by atoms with Crippen molar-refractivity contribution in [2.24, 2.45) is 5.92 Å². The first-order valence-corrected chi connectivity index (χ1v) is 4.34. The van der Waals surface area contributed by atoms with Crippen LogP contribution in [-0.2, 0) is 19.0 Å². The van der Waals surface area contributed by atoms with E-state index in [-0.39, 0.29) is 5.97 Å². The highest BCUT2D eigenvalue weighted by molar-refractivity contribution is 5.69. The summed E-state index contributed by atoms with van der Waals surface area (Å²) in [5.41, 5.74) is 0. The molecule has 0 rings (SSSR count). The predicted octanol–water partition coefficient (Wildman–Crippen LogP) is 1.20. The van der Waals surface area contributed by atoms with E-state index < -0.39 is 0 Å². The molecule has 0 N–H and O–H groups in total. The van der Waals surface area contributed by atoms with Gasteiger partial charge in [-0.25, -0.2) is 0 Å². The third kappa shape index (κ3) is 7.74. The third-order valence-corrected chi connectivity index (χ3v) is 1.67. The first kappa shape index (κ1) is 12.4. The standard InChI is InChI=1S/C9H18O4/c1-8(6-13-7-11-2)4-5-9(10)12-3/h8H,4-7H2,1-3H3/t8-/m1/s1. The van der Waals surface area contributed by atoms with Crippen LogP contribution in [0, 0.1) is 5.92 Å². The first-order valence-electron chi connectivity index (χ1n) is 4.34. The molecule has 4 nitrogen and oxygen atoms in total. The van der Waals surface area contributed by atoms with Gasteiger partial charge >= 0.3 is 5.97 Å². The lowest BCUT2D eigenvalue weighted by Crippen LogP contribution is -2.10. The molecule has 4 heteroatoms. The quantitative estimate of drug-likeness (QED) is 0.344. The van der Waals surface area contributed by atoms with Crippen LogP contribution in [0.1, 0.15) is 19.8 Å². The maximum absolute atomic E-state index is 10.8. The van der Waals surface area contributed by atoms with E-state index in [9.17, 15) is 4.79 Å². The molecule has 0 unspecified atom stereocenters. The van der Waals surface area contributed by atoms with E-state index in [1.165, 1.54) is 7.11 Å². The van der Waals surface area contributed by atoms with Gasteiger partial charge in [-0.1, -0.05) is 6.92 Å². The molecule has 0 heterocycles. The largest absolute Gasteiger partial charge is 0.469 e. The van der Waals surface area contributed by atoms with Crippen LogP contribution >= 0.6 is 0 Å². The van der Waals surface area contributed by atoms with Gasteiger partial charge in [-0.05, 0) is 12.3 Å². The molecule has 78 valence electrons. The van der Waals surface area contributed by atoms with E-state index in [2.05, 4.69) is 4.74 Å². The summed E-state index contributed by atoms with van der Waals surface area (Å²) in [7, 11) is 2.98. The molecule has 0 saturated heterocycles. The van der Waals surface area contributed by atoms with Crippen molar-refractivity contribution < 1.29 is 19.0 Å². The Hall–Kier alpha value is -0.610. The van der Waals surface area contributed by atoms with E-state index in [0.717, 1.165) is 6.42 Å². The molecule has 0 aliphatic carbocycles. The zero-order chi connectivity index (χ0) is 10.1. The summed E-state index contributed by atoms with van der Waals surface area (Å²) in [6.07, 6.45) is 1.24. The number of carbonyl (C=O) groups is 1. The van der Waals surface area contributed by atoms with Gasteiger partial charge in [-0.2, -0.15) is 0 Å².